The molecule has 2 aromatic rings. The summed E-state index contributed by atoms with van der Waals surface area (Å²) >= 11 is 6.10. The van der Waals surface area contributed by atoms with Crippen LogP contribution in [0.4, 0.5) is 14.6 Å². The van der Waals surface area contributed by atoms with Crippen molar-refractivity contribution in [1.82, 2.24) is 9.55 Å². The van der Waals surface area contributed by atoms with Crippen LogP contribution in [0.15, 0.2) is 23.0 Å². The highest BCUT2D eigenvalue weighted by atomic mass is 35.5. The van der Waals surface area contributed by atoms with E-state index in [9.17, 15) is 18.4 Å². The summed E-state index contributed by atoms with van der Waals surface area (Å²) in [5, 5.41) is 2.01. The number of carbonyl (C=O) groups is 1. The Morgan fingerprint density at radius 2 is 1.92 bits per heavy atom. The second-order valence-electron chi connectivity index (χ2n) is 5.69. The number of aromatic nitrogens is 2. The summed E-state index contributed by atoms with van der Waals surface area (Å²) in [6.45, 7) is 5.03. The normalized spacial score (nSPS) is 11.0. The Morgan fingerprint density at radius 1 is 1.33 bits per heavy atom. The van der Waals surface area contributed by atoms with E-state index >= 15 is 0 Å². The minimum absolute atomic E-state index is 0.0140. The summed E-state index contributed by atoms with van der Waals surface area (Å²) in [5.41, 5.74) is -1.26. The van der Waals surface area contributed by atoms with Gasteiger partial charge < -0.3 is 9.88 Å². The lowest BCUT2D eigenvalue weighted by Gasteiger charge is -2.18. The van der Waals surface area contributed by atoms with Crippen LogP contribution in [0.2, 0.25) is 5.15 Å². The van der Waals surface area contributed by atoms with Gasteiger partial charge >= 0.3 is 0 Å². The molecule has 1 N–H and O–H groups in total. The van der Waals surface area contributed by atoms with Gasteiger partial charge in [-0.2, -0.15) is 0 Å². The van der Waals surface area contributed by atoms with Crippen molar-refractivity contribution in [2.75, 3.05) is 5.32 Å². The Labute approximate surface area is 142 Å². The number of halogens is 3. The summed E-state index contributed by atoms with van der Waals surface area (Å²) in [4.78, 5) is 27.6. The molecule has 0 saturated heterocycles. The third kappa shape index (κ3) is 3.62. The van der Waals surface area contributed by atoms with E-state index in [1.54, 1.807) is 0 Å². The molecule has 0 bridgehead atoms. The Morgan fingerprint density at radius 3 is 2.42 bits per heavy atom. The maximum absolute atomic E-state index is 14.2. The fourth-order valence-electron chi connectivity index (χ4n) is 2.29. The van der Waals surface area contributed by atoms with Crippen LogP contribution in [0.5, 0.6) is 0 Å². The predicted molar refractivity (Wildman–Crippen MR) is 88.0 cm³/mol. The van der Waals surface area contributed by atoms with Crippen molar-refractivity contribution in [3.63, 3.8) is 0 Å². The van der Waals surface area contributed by atoms with E-state index in [0.29, 0.717) is 0 Å². The van der Waals surface area contributed by atoms with Crippen molar-refractivity contribution in [3.8, 4) is 11.3 Å². The Kier molecular flexibility index (Phi) is 5.33. The van der Waals surface area contributed by atoms with Gasteiger partial charge in [0.15, 0.2) is 5.15 Å². The van der Waals surface area contributed by atoms with Gasteiger partial charge in [-0.1, -0.05) is 31.5 Å². The van der Waals surface area contributed by atoms with Gasteiger partial charge in [-0.3, -0.25) is 9.59 Å². The molecule has 8 heteroatoms. The second-order valence-corrected chi connectivity index (χ2v) is 6.05. The predicted octanol–water partition coefficient (Wildman–Crippen LogP) is 3.46. The minimum Gasteiger partial charge on any atom is -0.306 e. The molecule has 0 spiro atoms. The first-order chi connectivity index (χ1) is 11.2. The molecule has 128 valence electrons. The quantitative estimate of drug-likeness (QED) is 0.913. The number of hydrogen-bond acceptors (Lipinski definition) is 3. The Bertz CT molecular complexity index is 830. The Hall–Kier alpha value is -2.28. The average molecular weight is 356 g/mol. The van der Waals surface area contributed by atoms with Gasteiger partial charge in [0.2, 0.25) is 11.7 Å². The lowest BCUT2D eigenvalue weighted by atomic mass is 10.1. The topological polar surface area (TPSA) is 64.0 Å². The number of benzene rings is 1. The lowest BCUT2D eigenvalue weighted by molar-refractivity contribution is -0.114. The molecule has 0 aliphatic carbocycles. The molecule has 0 fully saturated rings. The van der Waals surface area contributed by atoms with Crippen LogP contribution in [-0.4, -0.2) is 15.5 Å². The molecule has 0 unspecified atom stereocenters. The lowest BCUT2D eigenvalue weighted by Crippen LogP contribution is -2.30. The van der Waals surface area contributed by atoms with Gasteiger partial charge in [0.25, 0.3) is 5.56 Å². The molecule has 0 radical (unpaired) electrons. The molecule has 1 heterocycles. The number of nitrogens with one attached hydrogen (secondary N) is 1. The minimum atomic E-state index is -0.858. The van der Waals surface area contributed by atoms with E-state index in [-0.39, 0.29) is 29.1 Å². The van der Waals surface area contributed by atoms with Crippen molar-refractivity contribution in [1.29, 1.82) is 0 Å². The molecule has 0 aliphatic heterocycles. The monoisotopic (exact) mass is 355 g/mol. The first-order valence-corrected chi connectivity index (χ1v) is 7.62. The van der Waals surface area contributed by atoms with E-state index in [0.717, 1.165) is 16.7 Å². The molecule has 0 saturated carbocycles. The summed E-state index contributed by atoms with van der Waals surface area (Å²) in [6.07, 6.45) is 0. The maximum Gasteiger partial charge on any atom is 0.294 e. The van der Waals surface area contributed by atoms with Gasteiger partial charge in [0.1, 0.15) is 11.6 Å². The van der Waals surface area contributed by atoms with Crippen LogP contribution in [0.3, 0.4) is 0 Å². The van der Waals surface area contributed by atoms with Crippen molar-refractivity contribution in [2.45, 2.75) is 27.3 Å². The summed E-state index contributed by atoms with van der Waals surface area (Å²) in [5.74, 6) is -2.52. The van der Waals surface area contributed by atoms with Gasteiger partial charge in [-0.25, -0.2) is 13.8 Å². The number of anilines is 1. The number of hydrogen-bond donors (Lipinski definition) is 1. The summed E-state index contributed by atoms with van der Waals surface area (Å²) in [6, 6.07) is 3.35. The van der Waals surface area contributed by atoms with Crippen molar-refractivity contribution < 1.29 is 13.6 Å². The highest BCUT2D eigenvalue weighted by molar-refractivity contribution is 6.32. The average Bonchev–Trinajstić information content (AvgIpc) is 2.45. The van der Waals surface area contributed by atoms with E-state index < -0.39 is 28.7 Å². The van der Waals surface area contributed by atoms with Crippen molar-refractivity contribution in [2.24, 2.45) is 5.92 Å². The first-order valence-electron chi connectivity index (χ1n) is 7.24. The summed E-state index contributed by atoms with van der Waals surface area (Å²) in [7, 11) is 0. The highest BCUT2D eigenvalue weighted by Gasteiger charge is 2.23. The number of nitrogens with zero attached hydrogens (tertiary/aromatic N) is 2. The number of rotatable bonds is 4. The SMILES string of the molecule is CC(=O)Nc1nc(Cl)c(-c2c(F)cccc2F)n(CC(C)C)c1=O. The molecule has 0 atom stereocenters. The first kappa shape index (κ1) is 18.1. The highest BCUT2D eigenvalue weighted by Crippen LogP contribution is 2.31. The van der Waals surface area contributed by atoms with Crippen LogP contribution < -0.4 is 10.9 Å². The van der Waals surface area contributed by atoms with Gasteiger partial charge in [-0.15, -0.1) is 0 Å². The van der Waals surface area contributed by atoms with Crippen molar-refractivity contribution in [3.05, 3.63) is 45.3 Å². The van der Waals surface area contributed by atoms with Gasteiger partial charge in [0.05, 0.1) is 11.3 Å². The largest absolute Gasteiger partial charge is 0.306 e. The van der Waals surface area contributed by atoms with Gasteiger partial charge in [-0.05, 0) is 18.1 Å². The van der Waals surface area contributed by atoms with E-state index in [1.165, 1.54) is 13.0 Å². The molecule has 0 aliphatic rings. The fraction of sp³-hybridized carbons (Fsp3) is 0.312. The zero-order chi connectivity index (χ0) is 18.0. The third-order valence-corrected chi connectivity index (χ3v) is 3.43. The molecule has 1 aromatic carbocycles. The molecule has 24 heavy (non-hydrogen) atoms. The van der Waals surface area contributed by atoms with E-state index in [1.807, 2.05) is 13.8 Å². The fourth-order valence-corrected chi connectivity index (χ4v) is 2.57. The number of amides is 1. The molecular weight excluding hydrogens is 340 g/mol. The zero-order valence-electron chi connectivity index (χ0n) is 13.4. The number of carbonyl (C=O) groups excluding carboxylic acids is 1. The van der Waals surface area contributed by atoms with Crippen LogP contribution in [0.1, 0.15) is 20.8 Å². The zero-order valence-corrected chi connectivity index (χ0v) is 14.1. The Balaban J connectivity index is 2.82. The second kappa shape index (κ2) is 7.09. The van der Waals surface area contributed by atoms with Crippen molar-refractivity contribution >= 4 is 23.3 Å². The molecular formula is C16H16ClF2N3O2. The van der Waals surface area contributed by atoms with E-state index in [4.69, 9.17) is 11.6 Å². The molecule has 2 rings (SSSR count). The third-order valence-electron chi connectivity index (χ3n) is 3.16. The van der Waals surface area contributed by atoms with Crippen LogP contribution in [-0.2, 0) is 11.3 Å². The summed E-state index contributed by atoms with van der Waals surface area (Å²) < 4.78 is 29.5. The van der Waals surface area contributed by atoms with Crippen LogP contribution in [0, 0.1) is 17.6 Å². The maximum atomic E-state index is 14.2. The molecule has 5 nitrogen and oxygen atoms in total. The van der Waals surface area contributed by atoms with Crippen LogP contribution >= 0.6 is 11.6 Å². The standard InChI is InChI=1S/C16H16ClF2N3O2/c1-8(2)7-22-13(12-10(18)5-4-6-11(12)19)14(17)21-15(16(22)24)20-9(3)23/h4-6,8H,7H2,1-3H3,(H,20,21,23). The van der Waals surface area contributed by atoms with E-state index in [2.05, 4.69) is 10.3 Å². The molecule has 1 aromatic heterocycles. The van der Waals surface area contributed by atoms with Crippen LogP contribution in [0.25, 0.3) is 11.3 Å². The van der Waals surface area contributed by atoms with Gasteiger partial charge in [0, 0.05) is 13.5 Å². The smallest absolute Gasteiger partial charge is 0.294 e. The molecule has 1 amide bonds.